The van der Waals surface area contributed by atoms with E-state index in [9.17, 15) is 0 Å². The zero-order chi connectivity index (χ0) is 35.8. The zero-order valence-electron chi connectivity index (χ0n) is 28.9. The van der Waals surface area contributed by atoms with Crippen LogP contribution in [0.2, 0.25) is 0 Å². The van der Waals surface area contributed by atoms with Gasteiger partial charge in [0.05, 0.1) is 0 Å². The molecular formula is C48H30N4O2. The smallest absolute Gasteiger partial charge is 0.248 e. The average Bonchev–Trinajstić information content (AvgIpc) is 3.96. The molecule has 0 spiro atoms. The van der Waals surface area contributed by atoms with Crippen LogP contribution in [0.25, 0.3) is 101 Å². The van der Waals surface area contributed by atoms with Crippen LogP contribution in [0.1, 0.15) is 0 Å². The van der Waals surface area contributed by atoms with Gasteiger partial charge < -0.3 is 8.83 Å². The Bertz CT molecular complexity index is 2750. The van der Waals surface area contributed by atoms with Crippen molar-refractivity contribution in [2.24, 2.45) is 0 Å². The van der Waals surface area contributed by atoms with Crippen LogP contribution < -0.4 is 0 Å². The van der Waals surface area contributed by atoms with Crippen molar-refractivity contribution in [1.29, 1.82) is 0 Å². The second-order valence-corrected chi connectivity index (χ2v) is 13.2. The summed E-state index contributed by atoms with van der Waals surface area (Å²) in [6.07, 6.45) is 0. The molecule has 0 saturated carbocycles. The van der Waals surface area contributed by atoms with Gasteiger partial charge in [-0.15, -0.1) is 20.4 Å². The number of fused-ring (bicyclic) bond motifs is 2. The molecule has 0 aliphatic carbocycles. The Morgan fingerprint density at radius 3 is 0.981 bits per heavy atom. The number of benzene rings is 8. The number of hydrogen-bond donors (Lipinski definition) is 0. The molecule has 0 N–H and O–H groups in total. The molecule has 0 fully saturated rings. The molecule has 0 atom stereocenters. The van der Waals surface area contributed by atoms with Crippen LogP contribution in [-0.4, -0.2) is 20.4 Å². The number of hydrogen-bond acceptors (Lipinski definition) is 6. The summed E-state index contributed by atoms with van der Waals surface area (Å²) < 4.78 is 12.6. The first-order valence-electron chi connectivity index (χ1n) is 17.8. The van der Waals surface area contributed by atoms with Crippen LogP contribution in [0.4, 0.5) is 0 Å². The van der Waals surface area contributed by atoms with Gasteiger partial charge >= 0.3 is 0 Å². The molecule has 0 unspecified atom stereocenters. The van der Waals surface area contributed by atoms with E-state index in [1.807, 2.05) is 48.5 Å². The van der Waals surface area contributed by atoms with E-state index in [1.54, 1.807) is 0 Å². The predicted molar refractivity (Wildman–Crippen MR) is 215 cm³/mol. The van der Waals surface area contributed by atoms with Crippen molar-refractivity contribution >= 4 is 21.5 Å². The van der Waals surface area contributed by atoms with Gasteiger partial charge in [0.25, 0.3) is 0 Å². The average molecular weight is 695 g/mol. The number of nitrogens with zero attached hydrogens (tertiary/aromatic N) is 4. The summed E-state index contributed by atoms with van der Waals surface area (Å²) in [5, 5.41) is 22.4. The van der Waals surface area contributed by atoms with E-state index in [0.717, 1.165) is 77.2 Å². The van der Waals surface area contributed by atoms with Gasteiger partial charge in [0.15, 0.2) is 0 Å². The molecule has 0 aliphatic heterocycles. The standard InChI is InChI=1S/C48H30N4O2/c1-3-13-33(14-4-1)43-29-39(47-51-49-45(53-47)37-21-19-31-11-7-9-17-35(31)27-37)23-25-41(43)42-26-24-40(30-44(42)34-15-5-2-6-16-34)48-52-50-46(54-48)38-22-20-32-12-8-10-18-36(32)28-38/h1-30H. The summed E-state index contributed by atoms with van der Waals surface area (Å²) >= 11 is 0. The molecular weight excluding hydrogens is 665 g/mol. The minimum absolute atomic E-state index is 0.458. The topological polar surface area (TPSA) is 77.8 Å². The van der Waals surface area contributed by atoms with Crippen molar-refractivity contribution < 1.29 is 8.83 Å². The third-order valence-corrected chi connectivity index (χ3v) is 9.84. The van der Waals surface area contributed by atoms with E-state index >= 15 is 0 Å². The van der Waals surface area contributed by atoms with E-state index in [2.05, 4.69) is 154 Å². The Kier molecular flexibility index (Phi) is 7.69. The van der Waals surface area contributed by atoms with E-state index in [1.165, 1.54) is 0 Å². The maximum Gasteiger partial charge on any atom is 0.248 e. The molecule has 0 radical (unpaired) electrons. The van der Waals surface area contributed by atoms with Crippen LogP contribution in [0.3, 0.4) is 0 Å². The summed E-state index contributed by atoms with van der Waals surface area (Å²) in [6.45, 7) is 0. The highest BCUT2D eigenvalue weighted by molar-refractivity contribution is 5.94. The lowest BCUT2D eigenvalue weighted by atomic mass is 9.87. The molecule has 54 heavy (non-hydrogen) atoms. The summed E-state index contributed by atoms with van der Waals surface area (Å²) in [4.78, 5) is 0. The molecule has 8 aromatic carbocycles. The van der Waals surface area contributed by atoms with Crippen molar-refractivity contribution in [3.05, 3.63) is 182 Å². The van der Waals surface area contributed by atoms with Gasteiger partial charge in [-0.25, -0.2) is 0 Å². The van der Waals surface area contributed by atoms with Gasteiger partial charge in [0.1, 0.15) is 0 Å². The third-order valence-electron chi connectivity index (χ3n) is 9.84. The van der Waals surface area contributed by atoms with Crippen LogP contribution in [0.15, 0.2) is 191 Å². The fourth-order valence-electron chi connectivity index (χ4n) is 7.10. The normalized spacial score (nSPS) is 11.3. The third kappa shape index (κ3) is 5.82. The summed E-state index contributed by atoms with van der Waals surface area (Å²) in [5.41, 5.74) is 9.78. The van der Waals surface area contributed by atoms with Gasteiger partial charge in [-0.05, 0) is 103 Å². The largest absolute Gasteiger partial charge is 0.416 e. The molecule has 0 bridgehead atoms. The van der Waals surface area contributed by atoms with Gasteiger partial charge in [-0.2, -0.15) is 0 Å². The van der Waals surface area contributed by atoms with E-state index in [4.69, 9.17) is 8.83 Å². The van der Waals surface area contributed by atoms with Crippen molar-refractivity contribution in [3.8, 4) is 79.2 Å². The van der Waals surface area contributed by atoms with Crippen molar-refractivity contribution in [3.63, 3.8) is 0 Å². The van der Waals surface area contributed by atoms with E-state index in [0.29, 0.717) is 23.6 Å². The Hall–Kier alpha value is -7.44. The van der Waals surface area contributed by atoms with Crippen LogP contribution in [0.5, 0.6) is 0 Å². The molecule has 10 aromatic rings. The second kappa shape index (κ2) is 13.3. The molecule has 0 aliphatic rings. The maximum absolute atomic E-state index is 6.31. The molecule has 2 heterocycles. The highest BCUT2D eigenvalue weighted by atomic mass is 16.4. The zero-order valence-corrected chi connectivity index (χ0v) is 28.9. The summed E-state index contributed by atoms with van der Waals surface area (Å²) in [7, 11) is 0. The molecule has 0 saturated heterocycles. The fraction of sp³-hybridized carbons (Fsp3) is 0. The quantitative estimate of drug-likeness (QED) is 0.165. The van der Waals surface area contributed by atoms with Gasteiger partial charge in [0.2, 0.25) is 23.6 Å². The van der Waals surface area contributed by atoms with Crippen molar-refractivity contribution in [2.45, 2.75) is 0 Å². The van der Waals surface area contributed by atoms with Gasteiger partial charge in [-0.1, -0.05) is 133 Å². The Morgan fingerprint density at radius 2 is 0.574 bits per heavy atom. The lowest BCUT2D eigenvalue weighted by Crippen LogP contribution is -1.92. The van der Waals surface area contributed by atoms with Crippen molar-refractivity contribution in [2.75, 3.05) is 0 Å². The highest BCUT2D eigenvalue weighted by Crippen LogP contribution is 2.42. The van der Waals surface area contributed by atoms with Crippen LogP contribution in [0, 0.1) is 0 Å². The second-order valence-electron chi connectivity index (χ2n) is 13.2. The Labute approximate surface area is 311 Å². The molecule has 0 amide bonds. The predicted octanol–water partition coefficient (Wildman–Crippen LogP) is 12.4. The van der Waals surface area contributed by atoms with Crippen LogP contribution in [-0.2, 0) is 0 Å². The minimum Gasteiger partial charge on any atom is -0.416 e. The van der Waals surface area contributed by atoms with Gasteiger partial charge in [-0.3, -0.25) is 0 Å². The Morgan fingerprint density at radius 1 is 0.241 bits per heavy atom. The van der Waals surface area contributed by atoms with Crippen molar-refractivity contribution in [1.82, 2.24) is 20.4 Å². The maximum atomic E-state index is 6.31. The first-order valence-corrected chi connectivity index (χ1v) is 17.8. The van der Waals surface area contributed by atoms with Gasteiger partial charge in [0, 0.05) is 22.3 Å². The monoisotopic (exact) mass is 694 g/mol. The summed E-state index contributed by atoms with van der Waals surface area (Å²) in [5.74, 6) is 1.87. The minimum atomic E-state index is 0.458. The first kappa shape index (κ1) is 31.3. The highest BCUT2D eigenvalue weighted by Gasteiger charge is 2.19. The number of aromatic nitrogens is 4. The van der Waals surface area contributed by atoms with Crippen LogP contribution >= 0.6 is 0 Å². The van der Waals surface area contributed by atoms with E-state index in [-0.39, 0.29) is 0 Å². The lowest BCUT2D eigenvalue weighted by Gasteiger charge is -2.16. The SMILES string of the molecule is c1ccc(-c2cc(-c3nnc(-c4ccc5ccccc5c4)o3)ccc2-c2ccc(-c3nnc(-c4ccc5ccccc5c4)o3)cc2-c2ccccc2)cc1. The molecule has 6 heteroatoms. The molecule has 2 aromatic heterocycles. The molecule has 10 rings (SSSR count). The molecule has 254 valence electrons. The summed E-state index contributed by atoms with van der Waals surface area (Å²) in [6, 6.07) is 62.3. The molecule has 6 nitrogen and oxygen atoms in total. The first-order chi connectivity index (χ1) is 26.7. The van der Waals surface area contributed by atoms with E-state index < -0.39 is 0 Å². The lowest BCUT2D eigenvalue weighted by molar-refractivity contribution is 0.584. The Balaban J connectivity index is 1.06. The fourth-order valence-corrected chi connectivity index (χ4v) is 7.10. The number of rotatable bonds is 7.